The van der Waals surface area contributed by atoms with Gasteiger partial charge in [-0.05, 0) is 42.7 Å². The van der Waals surface area contributed by atoms with Crippen molar-refractivity contribution in [2.75, 3.05) is 0 Å². The smallest absolute Gasteiger partial charge is 0.295 e. The molecule has 1 amide bonds. The minimum atomic E-state index is -0.749. The van der Waals surface area contributed by atoms with E-state index >= 15 is 0 Å². The van der Waals surface area contributed by atoms with Crippen molar-refractivity contribution < 1.29 is 19.6 Å². The molecule has 2 aromatic carbocycles. The molecule has 0 bridgehead atoms. The van der Waals surface area contributed by atoms with Crippen molar-refractivity contribution in [3.05, 3.63) is 80.4 Å². The summed E-state index contributed by atoms with van der Waals surface area (Å²) in [6.07, 6.45) is 4.64. The monoisotopic (exact) mass is 440 g/mol. The van der Waals surface area contributed by atoms with Crippen LogP contribution in [0.1, 0.15) is 49.3 Å². The first-order chi connectivity index (χ1) is 14.9. The average molecular weight is 441 g/mol. The molecule has 0 spiro atoms. The number of rotatable bonds is 4. The Kier molecular flexibility index (Phi) is 5.78. The van der Waals surface area contributed by atoms with Gasteiger partial charge >= 0.3 is 0 Å². The number of nitro groups is 1. The van der Waals surface area contributed by atoms with Gasteiger partial charge < -0.3 is 10.0 Å². The first-order valence-electron chi connectivity index (χ1n) is 10.2. The molecule has 1 atom stereocenters. The van der Waals surface area contributed by atoms with Gasteiger partial charge in [-0.3, -0.25) is 19.7 Å². The Morgan fingerprint density at radius 3 is 2.19 bits per heavy atom. The number of aliphatic hydroxyl groups excluding tert-OH is 1. The number of nitrogens with zero attached hydrogens (tertiary/aromatic N) is 2. The summed E-state index contributed by atoms with van der Waals surface area (Å²) in [5, 5.41) is 22.5. The van der Waals surface area contributed by atoms with Crippen LogP contribution in [0.25, 0.3) is 5.76 Å². The molecule has 1 aliphatic carbocycles. The molecule has 160 valence electrons. The Balaban J connectivity index is 1.84. The van der Waals surface area contributed by atoms with Crippen LogP contribution < -0.4 is 0 Å². The van der Waals surface area contributed by atoms with Gasteiger partial charge in [0.15, 0.2) is 0 Å². The van der Waals surface area contributed by atoms with E-state index in [9.17, 15) is 24.8 Å². The van der Waals surface area contributed by atoms with E-state index in [1.807, 2.05) is 0 Å². The quantitative estimate of drug-likeness (QED) is 0.237. The second-order valence-corrected chi connectivity index (χ2v) is 8.29. The van der Waals surface area contributed by atoms with E-state index in [0.29, 0.717) is 10.6 Å². The normalized spacial score (nSPS) is 21.5. The van der Waals surface area contributed by atoms with Gasteiger partial charge in [-0.15, -0.1) is 0 Å². The summed E-state index contributed by atoms with van der Waals surface area (Å²) in [5.74, 6) is -1.72. The largest absolute Gasteiger partial charge is 0.507 e. The summed E-state index contributed by atoms with van der Waals surface area (Å²) >= 11 is 6.03. The Bertz CT molecular complexity index is 1060. The van der Waals surface area contributed by atoms with Crippen molar-refractivity contribution in [1.82, 2.24) is 4.90 Å². The van der Waals surface area contributed by atoms with Crippen LogP contribution in [-0.4, -0.2) is 32.7 Å². The van der Waals surface area contributed by atoms with Gasteiger partial charge in [-0.25, -0.2) is 0 Å². The molecule has 4 rings (SSSR count). The topological polar surface area (TPSA) is 101 Å². The number of aliphatic hydroxyl groups is 1. The molecular formula is C23H21ClN2O5. The number of hydrogen-bond acceptors (Lipinski definition) is 5. The second-order valence-electron chi connectivity index (χ2n) is 7.85. The summed E-state index contributed by atoms with van der Waals surface area (Å²) in [5.41, 5.74) is 0.782. The van der Waals surface area contributed by atoms with Gasteiger partial charge in [-0.1, -0.05) is 43.0 Å². The van der Waals surface area contributed by atoms with Crippen LogP contribution in [0.4, 0.5) is 5.69 Å². The maximum atomic E-state index is 13.1. The summed E-state index contributed by atoms with van der Waals surface area (Å²) in [6, 6.07) is 11.3. The number of amides is 1. The summed E-state index contributed by atoms with van der Waals surface area (Å²) in [4.78, 5) is 38.1. The number of non-ortho nitro benzene ring substituents is 1. The van der Waals surface area contributed by atoms with Crippen molar-refractivity contribution in [3.8, 4) is 0 Å². The van der Waals surface area contributed by atoms with Gasteiger partial charge in [0.25, 0.3) is 17.4 Å². The molecule has 1 N–H and O–H groups in total. The predicted molar refractivity (Wildman–Crippen MR) is 116 cm³/mol. The Morgan fingerprint density at radius 1 is 1.00 bits per heavy atom. The Morgan fingerprint density at radius 2 is 1.61 bits per heavy atom. The molecule has 1 heterocycles. The summed E-state index contributed by atoms with van der Waals surface area (Å²) < 4.78 is 0. The van der Waals surface area contributed by atoms with E-state index in [4.69, 9.17) is 11.6 Å². The molecule has 0 aromatic heterocycles. The number of Topliss-reactive ketones (excluding diaryl/α,β-unsaturated/α-hetero) is 1. The lowest BCUT2D eigenvalue weighted by molar-refractivity contribution is -0.384. The molecule has 7 nitrogen and oxygen atoms in total. The molecular weight excluding hydrogens is 420 g/mol. The van der Waals surface area contributed by atoms with Crippen LogP contribution in [0.2, 0.25) is 5.02 Å². The first-order valence-corrected chi connectivity index (χ1v) is 10.6. The van der Waals surface area contributed by atoms with Gasteiger partial charge in [0.05, 0.1) is 16.5 Å². The lowest BCUT2D eigenvalue weighted by Crippen LogP contribution is -2.40. The van der Waals surface area contributed by atoms with Crippen LogP contribution in [0.5, 0.6) is 0 Å². The van der Waals surface area contributed by atoms with Crippen LogP contribution in [0.3, 0.4) is 0 Å². The Hall–Kier alpha value is -3.19. The number of benzene rings is 2. The average Bonchev–Trinajstić information content (AvgIpc) is 3.05. The Labute approximate surface area is 184 Å². The fourth-order valence-corrected chi connectivity index (χ4v) is 4.58. The van der Waals surface area contributed by atoms with Gasteiger partial charge in [0.2, 0.25) is 0 Å². The maximum absolute atomic E-state index is 13.1. The highest BCUT2D eigenvalue weighted by molar-refractivity contribution is 6.46. The third kappa shape index (κ3) is 3.93. The minimum Gasteiger partial charge on any atom is -0.507 e. The fourth-order valence-electron chi connectivity index (χ4n) is 4.45. The molecule has 1 unspecified atom stereocenters. The molecule has 1 aliphatic heterocycles. The van der Waals surface area contributed by atoms with Crippen molar-refractivity contribution in [2.45, 2.75) is 44.2 Å². The number of carbonyl (C=O) groups excluding carboxylic acids is 2. The SMILES string of the molecule is O=C1C(=O)N(C2CCCCC2)C(c2ccc(Cl)cc2)/C1=C(/O)c1ccc([N+](=O)[O-])cc1. The zero-order valence-electron chi connectivity index (χ0n) is 16.7. The van der Waals surface area contributed by atoms with Crippen LogP contribution in [0.15, 0.2) is 54.1 Å². The van der Waals surface area contributed by atoms with Crippen LogP contribution in [0, 0.1) is 10.1 Å². The minimum absolute atomic E-state index is 0.00764. The van der Waals surface area contributed by atoms with Crippen molar-refractivity contribution in [3.63, 3.8) is 0 Å². The highest BCUT2D eigenvalue weighted by Gasteiger charge is 2.48. The fraction of sp³-hybridized carbons (Fsp3) is 0.304. The number of carbonyl (C=O) groups is 2. The standard InChI is InChI=1S/C23H21ClN2O5/c24-16-10-6-14(7-11-16)20-19(21(27)15-8-12-18(13-9-15)26(30)31)22(28)23(29)25(20)17-4-2-1-3-5-17/h6-13,17,20,27H,1-5H2/b21-19-. The highest BCUT2D eigenvalue weighted by Crippen LogP contribution is 2.43. The van der Waals surface area contributed by atoms with E-state index in [2.05, 4.69) is 0 Å². The van der Waals surface area contributed by atoms with E-state index in [1.165, 1.54) is 24.3 Å². The predicted octanol–water partition coefficient (Wildman–Crippen LogP) is 5.00. The molecule has 2 aromatic rings. The second kappa shape index (κ2) is 8.51. The van der Waals surface area contributed by atoms with E-state index in [0.717, 1.165) is 32.1 Å². The molecule has 1 saturated carbocycles. The lowest BCUT2D eigenvalue weighted by atomic mass is 9.91. The van der Waals surface area contributed by atoms with Crippen LogP contribution >= 0.6 is 11.6 Å². The van der Waals surface area contributed by atoms with Crippen molar-refractivity contribution in [2.24, 2.45) is 0 Å². The van der Waals surface area contributed by atoms with Gasteiger partial charge in [-0.2, -0.15) is 0 Å². The van der Waals surface area contributed by atoms with Gasteiger partial charge in [0, 0.05) is 28.8 Å². The van der Waals surface area contributed by atoms with Crippen molar-refractivity contribution in [1.29, 1.82) is 0 Å². The number of likely N-dealkylation sites (tertiary alicyclic amines) is 1. The molecule has 8 heteroatoms. The molecule has 2 fully saturated rings. The van der Waals surface area contributed by atoms with E-state index in [-0.39, 0.29) is 28.6 Å². The molecule has 1 saturated heterocycles. The molecule has 0 radical (unpaired) electrons. The number of ketones is 1. The number of halogens is 1. The third-order valence-corrected chi connectivity index (χ3v) is 6.24. The lowest BCUT2D eigenvalue weighted by Gasteiger charge is -2.35. The third-order valence-electron chi connectivity index (χ3n) is 5.99. The number of nitro benzene ring substituents is 1. The maximum Gasteiger partial charge on any atom is 0.295 e. The van der Waals surface area contributed by atoms with Gasteiger partial charge in [0.1, 0.15) is 5.76 Å². The zero-order valence-corrected chi connectivity index (χ0v) is 17.4. The summed E-state index contributed by atoms with van der Waals surface area (Å²) in [7, 11) is 0. The first kappa shape index (κ1) is 21.1. The number of hydrogen-bond donors (Lipinski definition) is 1. The summed E-state index contributed by atoms with van der Waals surface area (Å²) in [6.45, 7) is 0. The highest BCUT2D eigenvalue weighted by atomic mass is 35.5. The molecule has 2 aliphatic rings. The van der Waals surface area contributed by atoms with Crippen LogP contribution in [-0.2, 0) is 9.59 Å². The van der Waals surface area contributed by atoms with E-state index < -0.39 is 22.7 Å². The van der Waals surface area contributed by atoms with Crippen molar-refractivity contribution >= 4 is 34.7 Å². The zero-order chi connectivity index (χ0) is 22.1. The van der Waals surface area contributed by atoms with E-state index in [1.54, 1.807) is 29.2 Å². The molecule has 31 heavy (non-hydrogen) atoms.